The zero-order valence-corrected chi connectivity index (χ0v) is 14.6. The second kappa shape index (κ2) is 6.97. The highest BCUT2D eigenvalue weighted by Gasteiger charge is 2.11. The van der Waals surface area contributed by atoms with Gasteiger partial charge >= 0.3 is 0 Å². The third kappa shape index (κ3) is 3.38. The summed E-state index contributed by atoms with van der Waals surface area (Å²) in [6.45, 7) is 2.42. The molecule has 6 heteroatoms. The highest BCUT2D eigenvalue weighted by Crippen LogP contribution is 2.15. The van der Waals surface area contributed by atoms with E-state index in [9.17, 15) is 9.59 Å². The molecule has 122 valence electrons. The number of ketones is 1. The van der Waals surface area contributed by atoms with Gasteiger partial charge in [-0.05, 0) is 49.4 Å². The number of fused-ring (bicyclic) bond motifs is 1. The van der Waals surface area contributed by atoms with Crippen LogP contribution in [0.4, 0.5) is 0 Å². The van der Waals surface area contributed by atoms with Crippen molar-refractivity contribution in [3.8, 4) is 5.75 Å². The maximum atomic E-state index is 12.5. The van der Waals surface area contributed by atoms with E-state index in [1.165, 1.54) is 10.9 Å². The number of carbonyl (C=O) groups is 1. The number of nitrogens with zero attached hydrogens (tertiary/aromatic N) is 2. The molecule has 0 saturated carbocycles. The summed E-state index contributed by atoms with van der Waals surface area (Å²) in [5.41, 5.74) is 0.897. The Morgan fingerprint density at radius 3 is 2.67 bits per heavy atom. The summed E-state index contributed by atoms with van der Waals surface area (Å²) in [6, 6.07) is 12.2. The van der Waals surface area contributed by atoms with Gasteiger partial charge in [0.2, 0.25) is 0 Å². The fourth-order valence-corrected chi connectivity index (χ4v) is 2.75. The van der Waals surface area contributed by atoms with Crippen LogP contribution in [0, 0.1) is 0 Å². The van der Waals surface area contributed by atoms with Gasteiger partial charge in [0.05, 0.1) is 30.4 Å². The number of halogens is 1. The maximum Gasteiger partial charge on any atom is 0.261 e. The first-order valence-electron chi connectivity index (χ1n) is 7.49. The summed E-state index contributed by atoms with van der Waals surface area (Å²) in [6.07, 6.45) is 1.41. The van der Waals surface area contributed by atoms with Gasteiger partial charge in [0.1, 0.15) is 5.75 Å². The summed E-state index contributed by atoms with van der Waals surface area (Å²) in [5, 5.41) is 0.478. The predicted octanol–water partition coefficient (Wildman–Crippen LogP) is 3.44. The summed E-state index contributed by atoms with van der Waals surface area (Å²) in [5.74, 6) is 0.555. The first-order chi connectivity index (χ1) is 11.6. The summed E-state index contributed by atoms with van der Waals surface area (Å²) < 4.78 is 7.48. The second-order valence-electron chi connectivity index (χ2n) is 5.22. The molecule has 5 nitrogen and oxygen atoms in total. The number of Topliss-reactive ketones (excluding diaryl/α,β-unsaturated/α-hetero) is 1. The van der Waals surface area contributed by atoms with Crippen LogP contribution < -0.4 is 10.3 Å². The molecule has 0 aliphatic carbocycles. The Kier molecular flexibility index (Phi) is 4.76. The molecule has 0 unspecified atom stereocenters. The van der Waals surface area contributed by atoms with Gasteiger partial charge in [-0.2, -0.15) is 0 Å². The van der Waals surface area contributed by atoms with Crippen molar-refractivity contribution < 1.29 is 9.53 Å². The lowest BCUT2D eigenvalue weighted by molar-refractivity contribution is 0.0970. The number of ether oxygens (including phenoxy) is 1. The average molecular weight is 387 g/mol. The highest BCUT2D eigenvalue weighted by molar-refractivity contribution is 9.10. The largest absolute Gasteiger partial charge is 0.494 e. The van der Waals surface area contributed by atoms with Crippen LogP contribution in [0.1, 0.15) is 17.3 Å². The minimum Gasteiger partial charge on any atom is -0.494 e. The minimum atomic E-state index is -0.236. The predicted molar refractivity (Wildman–Crippen MR) is 95.6 cm³/mol. The van der Waals surface area contributed by atoms with Gasteiger partial charge in [-0.15, -0.1) is 0 Å². The molecule has 24 heavy (non-hydrogen) atoms. The standard InChI is InChI=1S/C18H15BrN2O3/c1-2-24-14-6-3-12(4-7-14)17(22)10-21-11-20-16-8-5-13(19)9-15(16)18(21)23/h3-9,11H,2,10H2,1H3. The number of carbonyl (C=O) groups excluding carboxylic acids is 1. The third-order valence-corrected chi connectivity index (χ3v) is 4.08. The molecule has 3 rings (SSSR count). The molecule has 0 atom stereocenters. The quantitative estimate of drug-likeness (QED) is 0.630. The molecule has 0 radical (unpaired) electrons. The molecule has 0 spiro atoms. The van der Waals surface area contributed by atoms with E-state index in [1.807, 2.05) is 13.0 Å². The van der Waals surface area contributed by atoms with Crippen molar-refractivity contribution in [2.45, 2.75) is 13.5 Å². The molecule has 2 aromatic carbocycles. The molecule has 1 heterocycles. The van der Waals surface area contributed by atoms with Gasteiger partial charge in [0.25, 0.3) is 5.56 Å². The van der Waals surface area contributed by atoms with Gasteiger partial charge in [-0.25, -0.2) is 4.98 Å². The molecule has 0 bridgehead atoms. The molecule has 0 saturated heterocycles. The highest BCUT2D eigenvalue weighted by atomic mass is 79.9. The Morgan fingerprint density at radius 1 is 1.21 bits per heavy atom. The van der Waals surface area contributed by atoms with Crippen LogP contribution in [-0.4, -0.2) is 21.9 Å². The van der Waals surface area contributed by atoms with Gasteiger partial charge in [0.15, 0.2) is 5.78 Å². The lowest BCUT2D eigenvalue weighted by Gasteiger charge is -2.07. The van der Waals surface area contributed by atoms with E-state index in [1.54, 1.807) is 36.4 Å². The topological polar surface area (TPSA) is 61.2 Å². The molecule has 1 aromatic heterocycles. The molecular weight excluding hydrogens is 372 g/mol. The number of hydrogen-bond donors (Lipinski definition) is 0. The van der Waals surface area contributed by atoms with Gasteiger partial charge in [-0.1, -0.05) is 15.9 Å². The molecule has 0 amide bonds. The summed E-state index contributed by atoms with van der Waals surface area (Å²) >= 11 is 3.34. The average Bonchev–Trinajstić information content (AvgIpc) is 2.59. The minimum absolute atomic E-state index is 0.0533. The molecule has 0 aliphatic heterocycles. The third-order valence-electron chi connectivity index (χ3n) is 3.59. The Morgan fingerprint density at radius 2 is 1.96 bits per heavy atom. The summed E-state index contributed by atoms with van der Waals surface area (Å²) in [4.78, 5) is 29.2. The van der Waals surface area contributed by atoms with Crippen LogP contribution in [0.3, 0.4) is 0 Å². The molecule has 3 aromatic rings. The molecule has 0 aliphatic rings. The Labute approximate surface area is 147 Å². The Bertz CT molecular complexity index is 949. The van der Waals surface area contributed by atoms with Crippen LogP contribution in [0.5, 0.6) is 5.75 Å². The van der Waals surface area contributed by atoms with Crippen LogP contribution in [0.15, 0.2) is 58.1 Å². The van der Waals surface area contributed by atoms with E-state index in [0.29, 0.717) is 28.8 Å². The van der Waals surface area contributed by atoms with E-state index in [2.05, 4.69) is 20.9 Å². The van der Waals surface area contributed by atoms with Crippen molar-refractivity contribution >= 4 is 32.6 Å². The Hall–Kier alpha value is -2.47. The van der Waals surface area contributed by atoms with Crippen LogP contribution in [-0.2, 0) is 6.54 Å². The van der Waals surface area contributed by atoms with Crippen molar-refractivity contribution in [2.75, 3.05) is 6.61 Å². The lowest BCUT2D eigenvalue weighted by atomic mass is 10.1. The fourth-order valence-electron chi connectivity index (χ4n) is 2.39. The molecular formula is C18H15BrN2O3. The van der Waals surface area contributed by atoms with Crippen LogP contribution in [0.25, 0.3) is 10.9 Å². The van der Waals surface area contributed by atoms with Crippen molar-refractivity contribution in [3.63, 3.8) is 0 Å². The zero-order chi connectivity index (χ0) is 17.1. The van der Waals surface area contributed by atoms with Gasteiger partial charge in [0, 0.05) is 10.0 Å². The fraction of sp³-hybridized carbons (Fsp3) is 0.167. The Balaban J connectivity index is 1.87. The van der Waals surface area contributed by atoms with Crippen molar-refractivity contribution in [1.29, 1.82) is 0 Å². The summed E-state index contributed by atoms with van der Waals surface area (Å²) in [7, 11) is 0. The number of hydrogen-bond acceptors (Lipinski definition) is 4. The lowest BCUT2D eigenvalue weighted by Crippen LogP contribution is -2.24. The SMILES string of the molecule is CCOc1ccc(C(=O)Cn2cnc3ccc(Br)cc3c2=O)cc1. The monoisotopic (exact) mass is 386 g/mol. The molecule has 0 N–H and O–H groups in total. The van der Waals surface area contributed by atoms with Crippen LogP contribution in [0.2, 0.25) is 0 Å². The number of rotatable bonds is 5. The second-order valence-corrected chi connectivity index (χ2v) is 6.14. The first kappa shape index (κ1) is 16.4. The maximum absolute atomic E-state index is 12.5. The first-order valence-corrected chi connectivity index (χ1v) is 8.28. The van der Waals surface area contributed by atoms with Crippen LogP contribution >= 0.6 is 15.9 Å². The van der Waals surface area contributed by atoms with E-state index in [0.717, 1.165) is 4.47 Å². The van der Waals surface area contributed by atoms with E-state index in [-0.39, 0.29) is 17.9 Å². The number of benzene rings is 2. The normalized spacial score (nSPS) is 10.8. The smallest absolute Gasteiger partial charge is 0.261 e. The van der Waals surface area contributed by atoms with Crippen molar-refractivity contribution in [3.05, 3.63) is 69.2 Å². The van der Waals surface area contributed by atoms with Gasteiger partial charge < -0.3 is 4.74 Å². The molecule has 0 fully saturated rings. The van der Waals surface area contributed by atoms with Gasteiger partial charge in [-0.3, -0.25) is 14.2 Å². The van der Waals surface area contributed by atoms with E-state index in [4.69, 9.17) is 4.74 Å². The van der Waals surface area contributed by atoms with E-state index < -0.39 is 0 Å². The number of aromatic nitrogens is 2. The van der Waals surface area contributed by atoms with Crippen molar-refractivity contribution in [1.82, 2.24) is 9.55 Å². The van der Waals surface area contributed by atoms with Crippen molar-refractivity contribution in [2.24, 2.45) is 0 Å². The zero-order valence-electron chi connectivity index (χ0n) is 13.0. The van der Waals surface area contributed by atoms with E-state index >= 15 is 0 Å².